The maximum Gasteiger partial charge on any atom is 0.257 e. The molecule has 2 aromatic rings. The molecule has 0 spiro atoms. The molecule has 0 aromatic heterocycles. The molecule has 3 rings (SSSR count). The van der Waals surface area contributed by atoms with E-state index in [4.69, 9.17) is 9.47 Å². The summed E-state index contributed by atoms with van der Waals surface area (Å²) in [6.07, 6.45) is 0.0971. The number of hydrogen-bond donors (Lipinski definition) is 1. The largest absolute Gasteiger partial charge is 0.491 e. The molecule has 1 N–H and O–H groups in total. The Balaban J connectivity index is 1.93. The van der Waals surface area contributed by atoms with Crippen molar-refractivity contribution in [3.05, 3.63) is 59.4 Å². The summed E-state index contributed by atoms with van der Waals surface area (Å²) < 4.78 is 25.0. The standard InChI is InChI=1S/C27H34FN3O5/c1-6-25(32)31-14-17(2)24(35-5)15-30(4)27(34)22-12-11-21(13-23(22)36-16-18(31)3)29-26(33)19-7-9-20(28)10-8-19/h7-13,17-18,24H,6,14-16H2,1-5H3,(H,29,33)/t17-,18+,24-/m0/s1. The Morgan fingerprint density at radius 1 is 1.14 bits per heavy atom. The van der Waals surface area contributed by atoms with Crippen molar-refractivity contribution >= 4 is 23.4 Å². The lowest BCUT2D eigenvalue weighted by molar-refractivity contribution is -0.135. The van der Waals surface area contributed by atoms with Gasteiger partial charge in [-0.15, -0.1) is 0 Å². The highest BCUT2D eigenvalue weighted by Crippen LogP contribution is 2.27. The second-order valence-corrected chi connectivity index (χ2v) is 9.17. The van der Waals surface area contributed by atoms with E-state index in [1.54, 1.807) is 42.2 Å². The van der Waals surface area contributed by atoms with Gasteiger partial charge in [0, 0.05) is 56.9 Å². The van der Waals surface area contributed by atoms with Crippen molar-refractivity contribution in [1.82, 2.24) is 9.80 Å². The average molecular weight is 500 g/mol. The van der Waals surface area contributed by atoms with Crippen LogP contribution in [0.25, 0.3) is 0 Å². The van der Waals surface area contributed by atoms with Crippen molar-refractivity contribution in [2.24, 2.45) is 5.92 Å². The van der Waals surface area contributed by atoms with Gasteiger partial charge in [-0.05, 0) is 43.3 Å². The van der Waals surface area contributed by atoms with Crippen LogP contribution in [0.4, 0.5) is 10.1 Å². The van der Waals surface area contributed by atoms with Crippen LogP contribution in [-0.4, -0.2) is 73.5 Å². The monoisotopic (exact) mass is 499 g/mol. The van der Waals surface area contributed by atoms with E-state index in [1.807, 2.05) is 20.8 Å². The fourth-order valence-corrected chi connectivity index (χ4v) is 4.20. The zero-order chi connectivity index (χ0) is 26.4. The number of amides is 3. The first-order valence-corrected chi connectivity index (χ1v) is 12.1. The van der Waals surface area contributed by atoms with Gasteiger partial charge in [-0.2, -0.15) is 0 Å². The number of benzene rings is 2. The number of likely N-dealkylation sites (N-methyl/N-ethyl adjacent to an activating group) is 1. The van der Waals surface area contributed by atoms with Gasteiger partial charge >= 0.3 is 0 Å². The lowest BCUT2D eigenvalue weighted by Crippen LogP contribution is -2.48. The number of hydrogen-bond acceptors (Lipinski definition) is 5. The molecule has 1 aliphatic heterocycles. The zero-order valence-corrected chi connectivity index (χ0v) is 21.4. The fraction of sp³-hybridized carbons (Fsp3) is 0.444. The van der Waals surface area contributed by atoms with E-state index in [1.165, 1.54) is 24.3 Å². The van der Waals surface area contributed by atoms with Gasteiger partial charge in [-0.25, -0.2) is 4.39 Å². The number of carbonyl (C=O) groups excluding carboxylic acids is 3. The van der Waals surface area contributed by atoms with Crippen LogP contribution in [0.3, 0.4) is 0 Å². The minimum atomic E-state index is -0.433. The molecule has 3 atom stereocenters. The summed E-state index contributed by atoms with van der Waals surface area (Å²) in [5.41, 5.74) is 1.05. The smallest absolute Gasteiger partial charge is 0.257 e. The third-order valence-electron chi connectivity index (χ3n) is 6.43. The van der Waals surface area contributed by atoms with Gasteiger partial charge in [0.25, 0.3) is 11.8 Å². The molecule has 2 aromatic carbocycles. The van der Waals surface area contributed by atoms with Crippen molar-refractivity contribution in [2.45, 2.75) is 39.3 Å². The minimum absolute atomic E-state index is 0.00820. The average Bonchev–Trinajstić information content (AvgIpc) is 2.87. The van der Waals surface area contributed by atoms with Crippen LogP contribution in [-0.2, 0) is 9.53 Å². The molecule has 194 valence electrons. The SMILES string of the molecule is CCC(=O)N1C[C@H](C)[C@@H](OC)CN(C)C(=O)c2ccc(NC(=O)c3ccc(F)cc3)cc2OC[C@H]1C. The van der Waals surface area contributed by atoms with Crippen molar-refractivity contribution in [1.29, 1.82) is 0 Å². The lowest BCUT2D eigenvalue weighted by Gasteiger charge is -2.36. The number of nitrogens with zero attached hydrogens (tertiary/aromatic N) is 2. The Morgan fingerprint density at radius 2 is 1.83 bits per heavy atom. The van der Waals surface area contributed by atoms with E-state index in [2.05, 4.69) is 5.32 Å². The lowest BCUT2D eigenvalue weighted by atomic mass is 10.0. The Kier molecular flexibility index (Phi) is 9.03. The van der Waals surface area contributed by atoms with Crippen LogP contribution in [0, 0.1) is 11.7 Å². The van der Waals surface area contributed by atoms with Gasteiger partial charge < -0.3 is 24.6 Å². The van der Waals surface area contributed by atoms with E-state index in [9.17, 15) is 18.8 Å². The third kappa shape index (κ3) is 6.40. The number of nitrogens with one attached hydrogen (secondary N) is 1. The number of ether oxygens (including phenoxy) is 2. The van der Waals surface area contributed by atoms with Crippen LogP contribution < -0.4 is 10.1 Å². The van der Waals surface area contributed by atoms with Gasteiger partial charge in [0.1, 0.15) is 18.2 Å². The second kappa shape index (κ2) is 12.0. The van der Waals surface area contributed by atoms with E-state index < -0.39 is 11.7 Å². The molecule has 0 aliphatic carbocycles. The molecular formula is C27H34FN3O5. The molecule has 8 nitrogen and oxygen atoms in total. The molecule has 9 heteroatoms. The summed E-state index contributed by atoms with van der Waals surface area (Å²) in [5.74, 6) is -0.804. The van der Waals surface area contributed by atoms with Crippen LogP contribution in [0.15, 0.2) is 42.5 Å². The number of rotatable bonds is 4. The maximum atomic E-state index is 13.3. The summed E-state index contributed by atoms with van der Waals surface area (Å²) in [7, 11) is 3.30. The molecule has 0 saturated heterocycles. The summed E-state index contributed by atoms with van der Waals surface area (Å²) >= 11 is 0. The summed E-state index contributed by atoms with van der Waals surface area (Å²) in [6, 6.07) is 9.76. The predicted octanol–water partition coefficient (Wildman–Crippen LogP) is 3.82. The van der Waals surface area contributed by atoms with Gasteiger partial charge in [0.15, 0.2) is 0 Å². The van der Waals surface area contributed by atoms with Crippen molar-refractivity contribution < 1.29 is 28.2 Å². The van der Waals surface area contributed by atoms with Gasteiger partial charge in [-0.3, -0.25) is 14.4 Å². The zero-order valence-electron chi connectivity index (χ0n) is 21.4. The molecule has 36 heavy (non-hydrogen) atoms. The van der Waals surface area contributed by atoms with Crippen LogP contribution in [0.1, 0.15) is 47.9 Å². The topological polar surface area (TPSA) is 88.2 Å². The molecule has 0 unspecified atom stereocenters. The molecule has 0 fully saturated rings. The number of carbonyl (C=O) groups is 3. The van der Waals surface area contributed by atoms with E-state index in [0.29, 0.717) is 42.1 Å². The first-order chi connectivity index (χ1) is 17.1. The molecule has 1 aliphatic rings. The Bertz CT molecular complexity index is 1090. The molecule has 3 amide bonds. The number of halogens is 1. The molecule has 0 bridgehead atoms. The minimum Gasteiger partial charge on any atom is -0.491 e. The van der Waals surface area contributed by atoms with Crippen molar-refractivity contribution in [3.8, 4) is 5.75 Å². The number of fused-ring (bicyclic) bond motifs is 1. The van der Waals surface area contributed by atoms with E-state index >= 15 is 0 Å². The first kappa shape index (κ1) is 27.1. The highest BCUT2D eigenvalue weighted by Gasteiger charge is 2.30. The second-order valence-electron chi connectivity index (χ2n) is 9.17. The first-order valence-electron chi connectivity index (χ1n) is 12.1. The highest BCUT2D eigenvalue weighted by atomic mass is 19.1. The summed E-state index contributed by atoms with van der Waals surface area (Å²) in [4.78, 5) is 42.0. The molecule has 1 heterocycles. The van der Waals surface area contributed by atoms with Crippen molar-refractivity contribution in [2.75, 3.05) is 39.2 Å². The van der Waals surface area contributed by atoms with E-state index in [0.717, 1.165) is 0 Å². The van der Waals surface area contributed by atoms with Gasteiger partial charge in [-0.1, -0.05) is 13.8 Å². The van der Waals surface area contributed by atoms with Crippen molar-refractivity contribution in [3.63, 3.8) is 0 Å². The Labute approximate surface area is 211 Å². The summed E-state index contributed by atoms with van der Waals surface area (Å²) in [5, 5.41) is 2.76. The van der Waals surface area contributed by atoms with Crippen LogP contribution in [0.2, 0.25) is 0 Å². The predicted molar refractivity (Wildman–Crippen MR) is 135 cm³/mol. The quantitative estimate of drug-likeness (QED) is 0.691. The maximum absolute atomic E-state index is 13.3. The van der Waals surface area contributed by atoms with Crippen LogP contribution >= 0.6 is 0 Å². The van der Waals surface area contributed by atoms with E-state index in [-0.39, 0.29) is 36.5 Å². The molecule has 0 saturated carbocycles. The Hall–Kier alpha value is -3.46. The van der Waals surface area contributed by atoms with Gasteiger partial charge in [0.2, 0.25) is 5.91 Å². The number of methoxy groups -OCH3 is 1. The molecule has 0 radical (unpaired) electrons. The number of anilines is 1. The summed E-state index contributed by atoms with van der Waals surface area (Å²) in [6.45, 7) is 6.70. The Morgan fingerprint density at radius 3 is 2.47 bits per heavy atom. The molecular weight excluding hydrogens is 465 g/mol. The fourth-order valence-electron chi connectivity index (χ4n) is 4.20. The van der Waals surface area contributed by atoms with Gasteiger partial charge in [0.05, 0.1) is 17.7 Å². The highest BCUT2D eigenvalue weighted by molar-refractivity contribution is 6.05. The van der Waals surface area contributed by atoms with Crippen LogP contribution in [0.5, 0.6) is 5.75 Å². The normalized spacial score (nSPS) is 21.1. The third-order valence-corrected chi connectivity index (χ3v) is 6.43.